The van der Waals surface area contributed by atoms with Crippen molar-refractivity contribution in [1.82, 2.24) is 9.97 Å². The average Bonchev–Trinajstić information content (AvgIpc) is 2.03. The second kappa shape index (κ2) is 3.95. The fraction of sp³-hybridized carbons (Fsp3) is 0.429. The van der Waals surface area contributed by atoms with E-state index >= 15 is 0 Å². The van der Waals surface area contributed by atoms with Gasteiger partial charge < -0.3 is 4.74 Å². The fourth-order valence-corrected chi connectivity index (χ4v) is 0.666. The zero-order valence-electron chi connectivity index (χ0n) is 5.95. The minimum atomic E-state index is 0.707. The zero-order chi connectivity index (χ0) is 7.23. The maximum atomic E-state index is 4.88. The van der Waals surface area contributed by atoms with E-state index in [2.05, 4.69) is 9.97 Å². The molecule has 0 aliphatic carbocycles. The summed E-state index contributed by atoms with van der Waals surface area (Å²) in [5.41, 5.74) is 0.976. The van der Waals surface area contributed by atoms with Gasteiger partial charge in [-0.25, -0.2) is 0 Å². The van der Waals surface area contributed by atoms with Gasteiger partial charge in [-0.3, -0.25) is 9.97 Å². The van der Waals surface area contributed by atoms with Gasteiger partial charge in [0.1, 0.15) is 0 Å². The molecule has 0 atom stereocenters. The first-order valence-electron chi connectivity index (χ1n) is 3.17. The normalized spacial score (nSPS) is 9.70. The van der Waals surface area contributed by atoms with Crippen LogP contribution in [0.25, 0.3) is 0 Å². The molecule has 0 aromatic carbocycles. The Morgan fingerprint density at radius 1 is 1.50 bits per heavy atom. The number of nitrogens with zero attached hydrogens (tertiary/aromatic N) is 2. The van der Waals surface area contributed by atoms with Crippen molar-refractivity contribution >= 4 is 0 Å². The molecule has 0 amide bonds. The van der Waals surface area contributed by atoms with Gasteiger partial charge >= 0.3 is 0 Å². The summed E-state index contributed by atoms with van der Waals surface area (Å²) in [7, 11) is 1.68. The van der Waals surface area contributed by atoms with Gasteiger partial charge in [0.15, 0.2) is 0 Å². The Labute approximate surface area is 60.1 Å². The van der Waals surface area contributed by atoms with Crippen LogP contribution in [-0.4, -0.2) is 23.7 Å². The third kappa shape index (κ3) is 2.11. The van der Waals surface area contributed by atoms with Crippen LogP contribution in [0.2, 0.25) is 0 Å². The lowest BCUT2D eigenvalue weighted by atomic mass is 10.3. The fourth-order valence-electron chi connectivity index (χ4n) is 0.666. The van der Waals surface area contributed by atoms with Crippen LogP contribution in [0, 0.1) is 0 Å². The molecule has 3 nitrogen and oxygen atoms in total. The minimum Gasteiger partial charge on any atom is -0.384 e. The number of hydrogen-bond acceptors (Lipinski definition) is 3. The smallest absolute Gasteiger partial charge is 0.0609 e. The molecule has 3 heteroatoms. The molecule has 0 saturated carbocycles. The molecular weight excluding hydrogens is 128 g/mol. The predicted octanol–water partition coefficient (Wildman–Crippen LogP) is 0.665. The van der Waals surface area contributed by atoms with Crippen LogP contribution in [0.4, 0.5) is 0 Å². The summed E-state index contributed by atoms with van der Waals surface area (Å²) in [6, 6.07) is 0. The molecule has 54 valence electrons. The van der Waals surface area contributed by atoms with Gasteiger partial charge in [0.2, 0.25) is 0 Å². The summed E-state index contributed by atoms with van der Waals surface area (Å²) in [5.74, 6) is 0. The van der Waals surface area contributed by atoms with Gasteiger partial charge in [-0.05, 0) is 0 Å². The Morgan fingerprint density at radius 3 is 3.00 bits per heavy atom. The molecule has 0 spiro atoms. The SMILES string of the molecule is COCCc1cnccn1. The van der Waals surface area contributed by atoms with E-state index in [4.69, 9.17) is 4.74 Å². The summed E-state index contributed by atoms with van der Waals surface area (Å²) < 4.78 is 4.88. The van der Waals surface area contributed by atoms with Gasteiger partial charge in [0.25, 0.3) is 0 Å². The second-order valence-electron chi connectivity index (χ2n) is 1.94. The Kier molecular flexibility index (Phi) is 2.83. The first kappa shape index (κ1) is 7.15. The van der Waals surface area contributed by atoms with E-state index in [1.807, 2.05) is 0 Å². The molecule has 0 fully saturated rings. The van der Waals surface area contributed by atoms with E-state index in [1.165, 1.54) is 0 Å². The summed E-state index contributed by atoms with van der Waals surface area (Å²) >= 11 is 0. The Bertz CT molecular complexity index is 176. The van der Waals surface area contributed by atoms with E-state index in [0.717, 1.165) is 12.1 Å². The number of hydrogen-bond donors (Lipinski definition) is 0. The number of ether oxygens (including phenoxy) is 1. The summed E-state index contributed by atoms with van der Waals surface area (Å²) in [5, 5.41) is 0. The first-order valence-corrected chi connectivity index (χ1v) is 3.17. The van der Waals surface area contributed by atoms with E-state index in [1.54, 1.807) is 25.7 Å². The van der Waals surface area contributed by atoms with Crippen molar-refractivity contribution in [2.75, 3.05) is 13.7 Å². The van der Waals surface area contributed by atoms with E-state index in [0.29, 0.717) is 6.61 Å². The van der Waals surface area contributed by atoms with Crippen LogP contribution in [-0.2, 0) is 11.2 Å². The highest BCUT2D eigenvalue weighted by Crippen LogP contribution is 1.90. The second-order valence-corrected chi connectivity index (χ2v) is 1.94. The highest BCUT2D eigenvalue weighted by molar-refractivity contribution is 4.94. The Morgan fingerprint density at radius 2 is 2.40 bits per heavy atom. The number of methoxy groups -OCH3 is 1. The standard InChI is InChI=1S/C7H10N2O/c1-10-5-2-7-6-8-3-4-9-7/h3-4,6H,2,5H2,1H3. The van der Waals surface area contributed by atoms with Crippen molar-refractivity contribution in [2.24, 2.45) is 0 Å². The van der Waals surface area contributed by atoms with Gasteiger partial charge in [-0.2, -0.15) is 0 Å². The Balaban J connectivity index is 2.43. The molecule has 0 aliphatic rings. The quantitative estimate of drug-likeness (QED) is 0.615. The third-order valence-corrected chi connectivity index (χ3v) is 1.18. The van der Waals surface area contributed by atoms with E-state index in [-0.39, 0.29) is 0 Å². The molecule has 0 N–H and O–H groups in total. The van der Waals surface area contributed by atoms with Gasteiger partial charge in [-0.15, -0.1) is 0 Å². The van der Waals surface area contributed by atoms with Crippen LogP contribution >= 0.6 is 0 Å². The number of rotatable bonds is 3. The summed E-state index contributed by atoms with van der Waals surface area (Å²) in [6.07, 6.45) is 5.94. The maximum absolute atomic E-state index is 4.88. The molecule has 0 saturated heterocycles. The third-order valence-electron chi connectivity index (χ3n) is 1.18. The van der Waals surface area contributed by atoms with Crippen LogP contribution < -0.4 is 0 Å². The van der Waals surface area contributed by atoms with E-state index in [9.17, 15) is 0 Å². The summed E-state index contributed by atoms with van der Waals surface area (Å²) in [4.78, 5) is 7.99. The number of aromatic nitrogens is 2. The molecule has 0 aliphatic heterocycles. The molecule has 1 rings (SSSR count). The van der Waals surface area contributed by atoms with Crippen molar-refractivity contribution in [3.05, 3.63) is 24.3 Å². The van der Waals surface area contributed by atoms with Gasteiger partial charge in [-0.1, -0.05) is 0 Å². The molecule has 1 aromatic rings. The lowest BCUT2D eigenvalue weighted by Gasteiger charge is -1.95. The van der Waals surface area contributed by atoms with E-state index < -0.39 is 0 Å². The van der Waals surface area contributed by atoms with Crippen LogP contribution in [0.5, 0.6) is 0 Å². The summed E-state index contributed by atoms with van der Waals surface area (Å²) in [6.45, 7) is 0.707. The van der Waals surface area contributed by atoms with Gasteiger partial charge in [0, 0.05) is 32.1 Å². The average molecular weight is 138 g/mol. The van der Waals surface area contributed by atoms with Crippen molar-refractivity contribution < 1.29 is 4.74 Å². The largest absolute Gasteiger partial charge is 0.384 e. The predicted molar refractivity (Wildman–Crippen MR) is 37.6 cm³/mol. The molecule has 0 unspecified atom stereocenters. The van der Waals surface area contributed by atoms with Crippen molar-refractivity contribution in [2.45, 2.75) is 6.42 Å². The molecule has 0 radical (unpaired) electrons. The zero-order valence-corrected chi connectivity index (χ0v) is 5.95. The molecule has 10 heavy (non-hydrogen) atoms. The Hall–Kier alpha value is -0.960. The molecule has 1 aromatic heterocycles. The van der Waals surface area contributed by atoms with Crippen molar-refractivity contribution in [1.29, 1.82) is 0 Å². The first-order chi connectivity index (χ1) is 4.93. The van der Waals surface area contributed by atoms with Crippen molar-refractivity contribution in [3.8, 4) is 0 Å². The highest BCUT2D eigenvalue weighted by Gasteiger charge is 1.90. The molecule has 0 bridgehead atoms. The molecular formula is C7H10N2O. The maximum Gasteiger partial charge on any atom is 0.0609 e. The lowest BCUT2D eigenvalue weighted by molar-refractivity contribution is 0.201. The molecule has 1 heterocycles. The topological polar surface area (TPSA) is 35.0 Å². The van der Waals surface area contributed by atoms with Crippen LogP contribution in [0.1, 0.15) is 5.69 Å². The van der Waals surface area contributed by atoms with Crippen molar-refractivity contribution in [3.63, 3.8) is 0 Å². The minimum absolute atomic E-state index is 0.707. The van der Waals surface area contributed by atoms with Crippen LogP contribution in [0.15, 0.2) is 18.6 Å². The van der Waals surface area contributed by atoms with Gasteiger partial charge in [0.05, 0.1) is 12.3 Å². The highest BCUT2D eigenvalue weighted by atomic mass is 16.5. The van der Waals surface area contributed by atoms with Crippen LogP contribution in [0.3, 0.4) is 0 Å². The monoisotopic (exact) mass is 138 g/mol. The lowest BCUT2D eigenvalue weighted by Crippen LogP contribution is -1.96.